The minimum absolute atomic E-state index is 0.0977. The number of alkyl halides is 3. The summed E-state index contributed by atoms with van der Waals surface area (Å²) in [6.45, 7) is 4.24. The lowest BCUT2D eigenvalue weighted by Crippen LogP contribution is -2.53. The smallest absolute Gasteiger partial charge is 0.354 e. The van der Waals surface area contributed by atoms with Gasteiger partial charge >= 0.3 is 6.18 Å². The number of benzene rings is 2. The minimum Gasteiger partial charge on any atom is -0.354 e. The van der Waals surface area contributed by atoms with Crippen LogP contribution in [0.2, 0.25) is 0 Å². The van der Waals surface area contributed by atoms with Gasteiger partial charge in [-0.15, -0.1) is 0 Å². The Morgan fingerprint density at radius 2 is 1.61 bits per heavy atom. The number of hydrogen-bond donors (Lipinski definition) is 1. The van der Waals surface area contributed by atoms with Gasteiger partial charge in [-0.2, -0.15) is 13.2 Å². The van der Waals surface area contributed by atoms with Gasteiger partial charge in [-0.3, -0.25) is 9.69 Å². The van der Waals surface area contributed by atoms with E-state index in [1.807, 2.05) is 66.4 Å². The number of aromatic nitrogens is 1. The first-order valence-electron chi connectivity index (χ1n) is 10.8. The largest absolute Gasteiger partial charge is 0.417 e. The molecule has 1 aliphatic heterocycles. The molecular formula is C25H25F3N4O. The third kappa shape index (κ3) is 5.34. The van der Waals surface area contributed by atoms with E-state index in [0.29, 0.717) is 32.0 Å². The van der Waals surface area contributed by atoms with Crippen molar-refractivity contribution in [2.75, 3.05) is 36.4 Å². The Morgan fingerprint density at radius 3 is 2.24 bits per heavy atom. The molecule has 8 heteroatoms. The van der Waals surface area contributed by atoms with Crippen molar-refractivity contribution < 1.29 is 18.0 Å². The highest BCUT2D eigenvalue weighted by Gasteiger charge is 2.31. The number of pyridine rings is 1. The Hall–Kier alpha value is -3.39. The summed E-state index contributed by atoms with van der Waals surface area (Å²) in [6.07, 6.45) is -3.53. The molecule has 1 amide bonds. The lowest BCUT2D eigenvalue weighted by molar-refractivity contribution is -0.137. The SMILES string of the molecule is CC(C(=O)Nc1ccccc1-c1ccccc1)N1CCN(c2ccc(C(F)(F)F)cn2)CC1. The van der Waals surface area contributed by atoms with Crippen molar-refractivity contribution in [3.8, 4) is 11.1 Å². The maximum Gasteiger partial charge on any atom is 0.417 e. The molecule has 0 saturated carbocycles. The van der Waals surface area contributed by atoms with Crippen molar-refractivity contribution in [2.24, 2.45) is 0 Å². The summed E-state index contributed by atoms with van der Waals surface area (Å²) >= 11 is 0. The van der Waals surface area contributed by atoms with Gasteiger partial charge < -0.3 is 10.2 Å². The predicted molar refractivity (Wildman–Crippen MR) is 123 cm³/mol. The van der Waals surface area contributed by atoms with E-state index >= 15 is 0 Å². The van der Waals surface area contributed by atoms with Crippen molar-refractivity contribution in [1.29, 1.82) is 0 Å². The van der Waals surface area contributed by atoms with Gasteiger partial charge in [-0.25, -0.2) is 4.98 Å². The van der Waals surface area contributed by atoms with Crippen LogP contribution in [0.1, 0.15) is 12.5 Å². The zero-order valence-electron chi connectivity index (χ0n) is 18.2. The maximum absolute atomic E-state index is 13.0. The van der Waals surface area contributed by atoms with Crippen LogP contribution >= 0.6 is 0 Å². The van der Waals surface area contributed by atoms with Gasteiger partial charge in [0.1, 0.15) is 5.82 Å². The first-order chi connectivity index (χ1) is 15.8. The highest BCUT2D eigenvalue weighted by atomic mass is 19.4. The van der Waals surface area contributed by atoms with Crippen LogP contribution in [0.25, 0.3) is 11.1 Å². The van der Waals surface area contributed by atoms with Crippen LogP contribution in [0.5, 0.6) is 0 Å². The molecule has 2 heterocycles. The molecule has 3 aromatic rings. The average Bonchev–Trinajstić information content (AvgIpc) is 2.84. The van der Waals surface area contributed by atoms with Crippen LogP contribution in [-0.4, -0.2) is 48.0 Å². The summed E-state index contributed by atoms with van der Waals surface area (Å²) in [6, 6.07) is 19.7. The lowest BCUT2D eigenvalue weighted by atomic mass is 10.0. The standard InChI is InChI=1S/C25H25F3N4O/c1-18(24(33)30-22-10-6-5-9-21(22)19-7-3-2-4-8-19)31-13-15-32(16-14-31)23-12-11-20(17-29-23)25(26,27)28/h2-12,17-18H,13-16H2,1H3,(H,30,33). The van der Waals surface area contributed by atoms with Gasteiger partial charge in [-0.05, 0) is 30.7 Å². The molecule has 1 atom stereocenters. The molecule has 1 N–H and O–H groups in total. The van der Waals surface area contributed by atoms with Crippen molar-refractivity contribution >= 4 is 17.4 Å². The lowest BCUT2D eigenvalue weighted by Gasteiger charge is -2.38. The normalized spacial score (nSPS) is 15.8. The van der Waals surface area contributed by atoms with E-state index in [2.05, 4.69) is 15.2 Å². The Kier molecular flexibility index (Phi) is 6.65. The molecule has 0 bridgehead atoms. The molecule has 1 unspecified atom stereocenters. The number of hydrogen-bond acceptors (Lipinski definition) is 4. The predicted octanol–water partition coefficient (Wildman–Crippen LogP) is 4.92. The van der Waals surface area contributed by atoms with Gasteiger partial charge in [0.15, 0.2) is 0 Å². The summed E-state index contributed by atoms with van der Waals surface area (Å²) in [5.41, 5.74) is 1.98. The fourth-order valence-electron chi connectivity index (χ4n) is 3.94. The molecular weight excluding hydrogens is 429 g/mol. The van der Waals surface area contributed by atoms with Crippen molar-refractivity contribution in [1.82, 2.24) is 9.88 Å². The van der Waals surface area contributed by atoms with Gasteiger partial charge in [0.05, 0.1) is 11.6 Å². The molecule has 0 aliphatic carbocycles. The van der Waals surface area contributed by atoms with Gasteiger partial charge in [0.2, 0.25) is 5.91 Å². The number of nitrogens with zero attached hydrogens (tertiary/aromatic N) is 3. The summed E-state index contributed by atoms with van der Waals surface area (Å²) in [5.74, 6) is 0.413. The number of carbonyl (C=O) groups is 1. The van der Waals surface area contributed by atoms with Crippen LogP contribution < -0.4 is 10.2 Å². The second-order valence-corrected chi connectivity index (χ2v) is 8.00. The number of nitrogens with one attached hydrogen (secondary N) is 1. The Morgan fingerprint density at radius 1 is 0.939 bits per heavy atom. The molecule has 4 rings (SSSR count). The fraction of sp³-hybridized carbons (Fsp3) is 0.280. The van der Waals surface area contributed by atoms with Crippen LogP contribution in [0.3, 0.4) is 0 Å². The summed E-state index contributed by atoms with van der Waals surface area (Å²) < 4.78 is 38.3. The highest BCUT2D eigenvalue weighted by Crippen LogP contribution is 2.30. The van der Waals surface area contributed by atoms with Gasteiger partial charge in [0, 0.05) is 43.6 Å². The molecule has 0 radical (unpaired) electrons. The van der Waals surface area contributed by atoms with E-state index in [-0.39, 0.29) is 11.9 Å². The minimum atomic E-state index is -4.40. The number of halogens is 3. The number of piperazine rings is 1. The second kappa shape index (κ2) is 9.62. The number of anilines is 2. The van der Waals surface area contributed by atoms with E-state index < -0.39 is 11.7 Å². The Bertz CT molecular complexity index is 1080. The summed E-state index contributed by atoms with van der Waals surface area (Å²) in [5, 5.41) is 3.06. The van der Waals surface area contributed by atoms with E-state index in [9.17, 15) is 18.0 Å². The highest BCUT2D eigenvalue weighted by molar-refractivity contribution is 5.98. The maximum atomic E-state index is 13.0. The van der Waals surface area contributed by atoms with Crippen molar-refractivity contribution in [3.05, 3.63) is 78.5 Å². The molecule has 1 fully saturated rings. The molecule has 1 saturated heterocycles. The number of carbonyl (C=O) groups excluding carboxylic acids is 1. The van der Waals surface area contributed by atoms with Gasteiger partial charge in [0.25, 0.3) is 0 Å². The zero-order chi connectivity index (χ0) is 23.4. The van der Waals surface area contributed by atoms with E-state index in [1.54, 1.807) is 0 Å². The summed E-state index contributed by atoms with van der Waals surface area (Å²) in [7, 11) is 0. The monoisotopic (exact) mass is 454 g/mol. The van der Waals surface area contributed by atoms with Crippen LogP contribution in [0.15, 0.2) is 72.9 Å². The molecule has 0 spiro atoms. The molecule has 1 aliphatic rings. The van der Waals surface area contributed by atoms with Crippen molar-refractivity contribution in [2.45, 2.75) is 19.1 Å². The molecule has 2 aromatic carbocycles. The summed E-state index contributed by atoms with van der Waals surface area (Å²) in [4.78, 5) is 21.0. The molecule has 1 aromatic heterocycles. The number of rotatable bonds is 5. The Balaban J connectivity index is 1.37. The third-order valence-corrected chi connectivity index (χ3v) is 5.91. The van der Waals surface area contributed by atoms with Gasteiger partial charge in [-0.1, -0.05) is 48.5 Å². The number of amides is 1. The molecule has 5 nitrogen and oxygen atoms in total. The topological polar surface area (TPSA) is 48.5 Å². The first-order valence-corrected chi connectivity index (χ1v) is 10.8. The third-order valence-electron chi connectivity index (χ3n) is 5.91. The average molecular weight is 454 g/mol. The van der Waals surface area contributed by atoms with Crippen LogP contribution in [-0.2, 0) is 11.0 Å². The zero-order valence-corrected chi connectivity index (χ0v) is 18.2. The quantitative estimate of drug-likeness (QED) is 0.595. The van der Waals surface area contributed by atoms with E-state index in [0.717, 1.165) is 29.1 Å². The number of para-hydroxylation sites is 1. The first kappa shape index (κ1) is 22.8. The van der Waals surface area contributed by atoms with E-state index in [4.69, 9.17) is 0 Å². The Labute approximate surface area is 190 Å². The second-order valence-electron chi connectivity index (χ2n) is 8.00. The molecule has 172 valence electrons. The molecule has 33 heavy (non-hydrogen) atoms. The van der Waals surface area contributed by atoms with Crippen molar-refractivity contribution in [3.63, 3.8) is 0 Å². The van der Waals surface area contributed by atoms with E-state index in [1.165, 1.54) is 6.07 Å². The van der Waals surface area contributed by atoms with Crippen LogP contribution in [0, 0.1) is 0 Å². The fourth-order valence-corrected chi connectivity index (χ4v) is 3.94. The van der Waals surface area contributed by atoms with Crippen LogP contribution in [0.4, 0.5) is 24.7 Å².